The minimum absolute atomic E-state index is 0.220. The number of thiophene rings is 1. The molecule has 0 unspecified atom stereocenters. The Bertz CT molecular complexity index is 944. The predicted octanol–water partition coefficient (Wildman–Crippen LogP) is 2.63. The van der Waals surface area contributed by atoms with Gasteiger partial charge in [-0.2, -0.15) is 4.68 Å². The molecule has 3 aromatic heterocycles. The Balaban J connectivity index is 1.54. The maximum Gasteiger partial charge on any atom is 0.267 e. The first-order valence-corrected chi connectivity index (χ1v) is 7.80. The molecule has 8 nitrogen and oxygen atoms in total. The minimum atomic E-state index is -0.220. The highest BCUT2D eigenvalue weighted by Crippen LogP contribution is 2.23. The quantitative estimate of drug-likeness (QED) is 0.614. The zero-order valence-corrected chi connectivity index (χ0v) is 13.0. The fourth-order valence-corrected chi connectivity index (χ4v) is 2.96. The van der Waals surface area contributed by atoms with Crippen LogP contribution in [0.5, 0.6) is 0 Å². The minimum Gasteiger partial charge on any atom is -0.444 e. The van der Waals surface area contributed by atoms with Gasteiger partial charge in [-0.3, -0.25) is 4.79 Å². The molecule has 4 rings (SSSR count). The molecule has 1 aromatic carbocycles. The Kier molecular flexibility index (Phi) is 3.60. The van der Waals surface area contributed by atoms with Crippen molar-refractivity contribution >= 4 is 22.9 Å². The average Bonchev–Trinajstić information content (AvgIpc) is 3.35. The van der Waals surface area contributed by atoms with Crippen LogP contribution >= 0.6 is 11.3 Å². The number of oxazole rings is 1. The second kappa shape index (κ2) is 6.05. The van der Waals surface area contributed by atoms with Gasteiger partial charge in [-0.05, 0) is 46.1 Å². The van der Waals surface area contributed by atoms with E-state index in [0.717, 1.165) is 5.56 Å². The highest BCUT2D eigenvalue weighted by atomic mass is 32.1. The lowest BCUT2D eigenvalue weighted by Crippen LogP contribution is -2.13. The molecule has 0 aliphatic rings. The van der Waals surface area contributed by atoms with Gasteiger partial charge in [0.25, 0.3) is 5.91 Å². The smallest absolute Gasteiger partial charge is 0.267 e. The molecule has 24 heavy (non-hydrogen) atoms. The molecule has 0 atom stereocenters. The number of aromatic nitrogens is 5. The molecule has 1 amide bonds. The summed E-state index contributed by atoms with van der Waals surface area (Å²) in [4.78, 5) is 16.9. The van der Waals surface area contributed by atoms with Crippen molar-refractivity contribution in [1.82, 2.24) is 25.2 Å². The number of nitrogens with one attached hydrogen (secondary N) is 1. The van der Waals surface area contributed by atoms with Gasteiger partial charge in [-0.25, -0.2) is 4.98 Å². The molecule has 4 aromatic rings. The number of rotatable bonds is 4. The molecule has 3 heterocycles. The van der Waals surface area contributed by atoms with Crippen molar-refractivity contribution in [3.05, 3.63) is 59.5 Å². The number of carbonyl (C=O) groups is 1. The maximum absolute atomic E-state index is 12.5. The van der Waals surface area contributed by atoms with E-state index in [2.05, 4.69) is 25.8 Å². The Morgan fingerprint density at radius 2 is 2.08 bits per heavy atom. The molecular formula is C15H10N6O2S. The van der Waals surface area contributed by atoms with E-state index >= 15 is 0 Å². The van der Waals surface area contributed by atoms with Crippen LogP contribution in [0.2, 0.25) is 0 Å². The van der Waals surface area contributed by atoms with E-state index in [-0.39, 0.29) is 5.91 Å². The van der Waals surface area contributed by atoms with Crippen molar-refractivity contribution in [2.24, 2.45) is 0 Å². The number of hydrogen-bond acceptors (Lipinski definition) is 7. The van der Waals surface area contributed by atoms with Crippen molar-refractivity contribution in [2.75, 3.05) is 5.32 Å². The highest BCUT2D eigenvalue weighted by molar-refractivity contribution is 7.12. The summed E-state index contributed by atoms with van der Waals surface area (Å²) >= 11 is 1.32. The lowest BCUT2D eigenvalue weighted by atomic mass is 10.1. The summed E-state index contributed by atoms with van der Waals surface area (Å²) in [7, 11) is 0. The normalized spacial score (nSPS) is 10.7. The third-order valence-corrected chi connectivity index (χ3v) is 4.21. The van der Waals surface area contributed by atoms with E-state index in [1.54, 1.807) is 24.4 Å². The molecule has 0 saturated heterocycles. The average molecular weight is 338 g/mol. The number of carbonyl (C=O) groups excluding carboxylic acids is 1. The summed E-state index contributed by atoms with van der Waals surface area (Å²) < 4.78 is 6.69. The second-order valence-corrected chi connectivity index (χ2v) is 5.70. The highest BCUT2D eigenvalue weighted by Gasteiger charge is 2.16. The summed E-state index contributed by atoms with van der Waals surface area (Å²) in [6.45, 7) is 0. The Labute approximate surface area is 139 Å². The molecule has 0 bridgehead atoms. The molecule has 1 N–H and O–H groups in total. The molecular weight excluding hydrogens is 328 g/mol. The van der Waals surface area contributed by atoms with Crippen LogP contribution in [0.25, 0.3) is 17.0 Å². The molecule has 118 valence electrons. The number of benzene rings is 1. The van der Waals surface area contributed by atoms with Gasteiger partial charge in [0.15, 0.2) is 12.2 Å². The molecule has 0 spiro atoms. The molecule has 9 heteroatoms. The van der Waals surface area contributed by atoms with Crippen LogP contribution in [0.1, 0.15) is 9.67 Å². The Morgan fingerprint density at radius 1 is 1.21 bits per heavy atom. The van der Waals surface area contributed by atoms with Crippen molar-refractivity contribution < 1.29 is 9.21 Å². The number of anilines is 1. The standard InChI is InChI=1S/C15H10N6O2S/c22-15(14-12(5-6-24-14)21-8-17-19-20-21)18-11-3-1-10(2-4-11)13-7-16-9-23-13/h1-9H,(H,18,22). The SMILES string of the molecule is O=C(Nc1ccc(-c2cnco2)cc1)c1sccc1-n1cnnn1. The van der Waals surface area contributed by atoms with Gasteiger partial charge in [-0.15, -0.1) is 16.4 Å². The molecule has 0 aliphatic heterocycles. The molecule has 0 aliphatic carbocycles. The molecule has 0 saturated carbocycles. The third kappa shape index (κ3) is 2.68. The van der Waals surface area contributed by atoms with E-state index in [4.69, 9.17) is 4.42 Å². The lowest BCUT2D eigenvalue weighted by molar-refractivity contribution is 0.103. The Morgan fingerprint density at radius 3 is 2.79 bits per heavy atom. The van der Waals surface area contributed by atoms with Crippen LogP contribution in [0.3, 0.4) is 0 Å². The van der Waals surface area contributed by atoms with E-state index in [0.29, 0.717) is 22.0 Å². The van der Waals surface area contributed by atoms with Gasteiger partial charge in [0.2, 0.25) is 0 Å². The topological polar surface area (TPSA) is 98.7 Å². The Hall–Kier alpha value is -3.33. The first kappa shape index (κ1) is 14.3. The maximum atomic E-state index is 12.5. The number of tetrazole rings is 1. The fraction of sp³-hybridized carbons (Fsp3) is 0. The summed E-state index contributed by atoms with van der Waals surface area (Å²) in [5.74, 6) is 0.454. The van der Waals surface area contributed by atoms with Gasteiger partial charge >= 0.3 is 0 Å². The van der Waals surface area contributed by atoms with Crippen molar-refractivity contribution in [3.63, 3.8) is 0 Å². The number of amides is 1. The zero-order chi connectivity index (χ0) is 16.4. The number of nitrogens with zero attached hydrogens (tertiary/aromatic N) is 5. The van der Waals surface area contributed by atoms with E-state index < -0.39 is 0 Å². The molecule has 0 radical (unpaired) electrons. The van der Waals surface area contributed by atoms with Crippen LogP contribution in [0, 0.1) is 0 Å². The predicted molar refractivity (Wildman–Crippen MR) is 86.9 cm³/mol. The van der Waals surface area contributed by atoms with Gasteiger partial charge in [0.1, 0.15) is 11.2 Å². The number of hydrogen-bond donors (Lipinski definition) is 1. The first-order valence-electron chi connectivity index (χ1n) is 6.92. The van der Waals surface area contributed by atoms with Crippen LogP contribution in [0.4, 0.5) is 5.69 Å². The van der Waals surface area contributed by atoms with Crippen molar-refractivity contribution in [3.8, 4) is 17.0 Å². The van der Waals surface area contributed by atoms with Gasteiger partial charge < -0.3 is 9.73 Å². The van der Waals surface area contributed by atoms with Crippen LogP contribution in [-0.4, -0.2) is 31.1 Å². The van der Waals surface area contributed by atoms with Crippen LogP contribution in [-0.2, 0) is 0 Å². The summed E-state index contributed by atoms with van der Waals surface area (Å²) in [6, 6.07) is 9.11. The third-order valence-electron chi connectivity index (χ3n) is 3.31. The monoisotopic (exact) mass is 338 g/mol. The summed E-state index contributed by atoms with van der Waals surface area (Å²) in [5, 5.41) is 15.7. The van der Waals surface area contributed by atoms with Crippen molar-refractivity contribution in [2.45, 2.75) is 0 Å². The van der Waals surface area contributed by atoms with E-state index in [1.807, 2.05) is 17.5 Å². The summed E-state index contributed by atoms with van der Waals surface area (Å²) in [5.41, 5.74) is 2.20. The molecule has 0 fully saturated rings. The van der Waals surface area contributed by atoms with Gasteiger partial charge in [0.05, 0.1) is 11.9 Å². The van der Waals surface area contributed by atoms with Crippen LogP contribution < -0.4 is 5.32 Å². The van der Waals surface area contributed by atoms with Gasteiger partial charge in [-0.1, -0.05) is 0 Å². The zero-order valence-electron chi connectivity index (χ0n) is 12.2. The van der Waals surface area contributed by atoms with Crippen molar-refractivity contribution in [1.29, 1.82) is 0 Å². The van der Waals surface area contributed by atoms with E-state index in [1.165, 1.54) is 28.7 Å². The largest absolute Gasteiger partial charge is 0.444 e. The second-order valence-electron chi connectivity index (χ2n) is 4.79. The lowest BCUT2D eigenvalue weighted by Gasteiger charge is -2.06. The summed E-state index contributed by atoms with van der Waals surface area (Å²) in [6.07, 6.45) is 4.46. The van der Waals surface area contributed by atoms with Crippen LogP contribution in [0.15, 0.2) is 59.0 Å². The van der Waals surface area contributed by atoms with Gasteiger partial charge in [0, 0.05) is 11.3 Å². The van der Waals surface area contributed by atoms with E-state index in [9.17, 15) is 4.79 Å². The fourth-order valence-electron chi connectivity index (χ4n) is 2.19. The first-order chi connectivity index (χ1) is 11.8.